The standard InChI is InChI=1S/C15H16N2O3/c18-10-13(8-11-4-2-1-3-5-11)17-14-9-12(15(19)20)6-7-16-14/h1-7,9,13,18H,8,10H2,(H,16,17)(H,19,20). The van der Waals surface area contributed by atoms with Crippen LogP contribution in [0, 0.1) is 0 Å². The van der Waals surface area contributed by atoms with Crippen molar-refractivity contribution >= 4 is 11.8 Å². The lowest BCUT2D eigenvalue weighted by atomic mass is 10.1. The zero-order valence-corrected chi connectivity index (χ0v) is 10.9. The van der Waals surface area contributed by atoms with Crippen LogP contribution in [0.15, 0.2) is 48.7 Å². The average molecular weight is 272 g/mol. The van der Waals surface area contributed by atoms with Crippen molar-refractivity contribution < 1.29 is 15.0 Å². The van der Waals surface area contributed by atoms with E-state index in [1.54, 1.807) is 0 Å². The number of carboxylic acids is 1. The van der Waals surface area contributed by atoms with E-state index in [1.165, 1.54) is 18.3 Å². The fraction of sp³-hybridized carbons (Fsp3) is 0.200. The van der Waals surface area contributed by atoms with Crippen LogP contribution in [0.2, 0.25) is 0 Å². The number of carboxylic acid groups (broad SMARTS) is 1. The third-order valence-electron chi connectivity index (χ3n) is 2.90. The van der Waals surface area contributed by atoms with Gasteiger partial charge in [-0.25, -0.2) is 9.78 Å². The van der Waals surface area contributed by atoms with E-state index in [0.717, 1.165) is 5.56 Å². The van der Waals surface area contributed by atoms with E-state index >= 15 is 0 Å². The van der Waals surface area contributed by atoms with Gasteiger partial charge in [-0.1, -0.05) is 30.3 Å². The van der Waals surface area contributed by atoms with Gasteiger partial charge in [0.1, 0.15) is 5.82 Å². The number of nitrogens with zero attached hydrogens (tertiary/aromatic N) is 1. The van der Waals surface area contributed by atoms with Crippen molar-refractivity contribution in [1.82, 2.24) is 4.98 Å². The van der Waals surface area contributed by atoms with Crippen molar-refractivity contribution in [3.8, 4) is 0 Å². The van der Waals surface area contributed by atoms with E-state index < -0.39 is 5.97 Å². The van der Waals surface area contributed by atoms with Crippen molar-refractivity contribution in [2.45, 2.75) is 12.5 Å². The summed E-state index contributed by atoms with van der Waals surface area (Å²) in [5, 5.41) is 21.4. The summed E-state index contributed by atoms with van der Waals surface area (Å²) in [5.74, 6) is -0.557. The summed E-state index contributed by atoms with van der Waals surface area (Å²) >= 11 is 0. The first kappa shape index (κ1) is 14.0. The quantitative estimate of drug-likeness (QED) is 0.747. The van der Waals surface area contributed by atoms with Crippen LogP contribution in [0.4, 0.5) is 5.82 Å². The SMILES string of the molecule is O=C(O)c1ccnc(NC(CO)Cc2ccccc2)c1. The zero-order valence-electron chi connectivity index (χ0n) is 10.9. The molecule has 0 aliphatic rings. The Hall–Kier alpha value is -2.40. The van der Waals surface area contributed by atoms with Gasteiger partial charge in [-0.3, -0.25) is 0 Å². The molecule has 1 unspecified atom stereocenters. The molecule has 1 atom stereocenters. The highest BCUT2D eigenvalue weighted by atomic mass is 16.4. The second-order valence-corrected chi connectivity index (χ2v) is 4.45. The van der Waals surface area contributed by atoms with Crippen LogP contribution in [0.1, 0.15) is 15.9 Å². The Morgan fingerprint density at radius 1 is 1.25 bits per heavy atom. The molecule has 2 rings (SSSR count). The molecule has 1 aromatic carbocycles. The minimum absolute atomic E-state index is 0.0616. The minimum Gasteiger partial charge on any atom is -0.478 e. The van der Waals surface area contributed by atoms with Gasteiger partial charge >= 0.3 is 5.97 Å². The summed E-state index contributed by atoms with van der Waals surface area (Å²) in [5.41, 5.74) is 1.26. The first-order valence-electron chi connectivity index (χ1n) is 6.29. The maximum atomic E-state index is 10.9. The van der Waals surface area contributed by atoms with Crippen LogP contribution >= 0.6 is 0 Å². The Kier molecular flexibility index (Phi) is 4.68. The van der Waals surface area contributed by atoms with Crippen LogP contribution < -0.4 is 5.32 Å². The van der Waals surface area contributed by atoms with Gasteiger partial charge in [-0.15, -0.1) is 0 Å². The highest BCUT2D eigenvalue weighted by Crippen LogP contribution is 2.11. The molecule has 5 heteroatoms. The Balaban J connectivity index is 2.06. The Morgan fingerprint density at radius 2 is 2.00 bits per heavy atom. The molecule has 0 spiro atoms. The van der Waals surface area contributed by atoms with Crippen molar-refractivity contribution in [2.24, 2.45) is 0 Å². The van der Waals surface area contributed by atoms with Crippen LogP contribution in [-0.2, 0) is 6.42 Å². The molecule has 0 fully saturated rings. The molecule has 0 aliphatic carbocycles. The van der Waals surface area contributed by atoms with Crippen molar-refractivity contribution in [2.75, 3.05) is 11.9 Å². The number of anilines is 1. The summed E-state index contributed by atoms with van der Waals surface area (Å²) < 4.78 is 0. The van der Waals surface area contributed by atoms with Gasteiger partial charge in [-0.05, 0) is 24.1 Å². The third kappa shape index (κ3) is 3.80. The largest absolute Gasteiger partial charge is 0.478 e. The van der Waals surface area contributed by atoms with E-state index in [4.69, 9.17) is 5.11 Å². The number of pyridine rings is 1. The van der Waals surface area contributed by atoms with Crippen LogP contribution in [0.25, 0.3) is 0 Å². The summed E-state index contributed by atoms with van der Waals surface area (Å²) in [6, 6.07) is 12.4. The number of aliphatic hydroxyl groups excluding tert-OH is 1. The molecule has 2 aromatic rings. The number of benzene rings is 1. The lowest BCUT2D eigenvalue weighted by Gasteiger charge is -2.17. The van der Waals surface area contributed by atoms with Gasteiger partial charge in [0.05, 0.1) is 18.2 Å². The maximum Gasteiger partial charge on any atom is 0.335 e. The number of aliphatic hydroxyl groups is 1. The predicted octanol–water partition coefficient (Wildman–Crippen LogP) is 1.80. The molecule has 0 radical (unpaired) electrons. The van der Waals surface area contributed by atoms with Crippen molar-refractivity contribution in [3.05, 3.63) is 59.8 Å². The van der Waals surface area contributed by atoms with Crippen molar-refractivity contribution in [3.63, 3.8) is 0 Å². The lowest BCUT2D eigenvalue weighted by Crippen LogP contribution is -2.27. The second kappa shape index (κ2) is 6.68. The van der Waals surface area contributed by atoms with E-state index in [9.17, 15) is 9.90 Å². The Labute approximate surface area is 116 Å². The first-order valence-corrected chi connectivity index (χ1v) is 6.29. The average Bonchev–Trinajstić information content (AvgIpc) is 2.48. The van der Waals surface area contributed by atoms with Crippen LogP contribution in [-0.4, -0.2) is 33.8 Å². The first-order chi connectivity index (χ1) is 9.69. The van der Waals surface area contributed by atoms with E-state index in [2.05, 4.69) is 10.3 Å². The molecule has 1 heterocycles. The van der Waals surface area contributed by atoms with Crippen LogP contribution in [0.5, 0.6) is 0 Å². The highest BCUT2D eigenvalue weighted by molar-refractivity contribution is 5.88. The summed E-state index contributed by atoms with van der Waals surface area (Å²) in [6.45, 7) is -0.0616. The number of aromatic carboxylic acids is 1. The normalized spacial score (nSPS) is 11.8. The summed E-state index contributed by atoms with van der Waals surface area (Å²) in [6.07, 6.45) is 2.07. The Bertz CT molecular complexity index is 572. The highest BCUT2D eigenvalue weighted by Gasteiger charge is 2.10. The fourth-order valence-corrected chi connectivity index (χ4v) is 1.91. The summed E-state index contributed by atoms with van der Waals surface area (Å²) in [4.78, 5) is 15.0. The molecular formula is C15H16N2O3. The molecule has 20 heavy (non-hydrogen) atoms. The molecule has 5 nitrogen and oxygen atoms in total. The molecule has 3 N–H and O–H groups in total. The van der Waals surface area contributed by atoms with Crippen LogP contribution in [0.3, 0.4) is 0 Å². The number of aromatic nitrogens is 1. The molecule has 1 aromatic heterocycles. The molecule has 0 amide bonds. The lowest BCUT2D eigenvalue weighted by molar-refractivity contribution is 0.0697. The number of rotatable bonds is 6. The molecular weight excluding hydrogens is 256 g/mol. The number of nitrogens with one attached hydrogen (secondary N) is 1. The van der Waals surface area contributed by atoms with Crippen molar-refractivity contribution in [1.29, 1.82) is 0 Å². The molecule has 104 valence electrons. The van der Waals surface area contributed by atoms with E-state index in [-0.39, 0.29) is 18.2 Å². The minimum atomic E-state index is -1.00. The van der Waals surface area contributed by atoms with Gasteiger partial charge in [0.25, 0.3) is 0 Å². The molecule has 0 saturated heterocycles. The number of hydrogen-bond acceptors (Lipinski definition) is 4. The smallest absolute Gasteiger partial charge is 0.335 e. The maximum absolute atomic E-state index is 10.9. The second-order valence-electron chi connectivity index (χ2n) is 4.45. The van der Waals surface area contributed by atoms with Gasteiger partial charge < -0.3 is 15.5 Å². The topological polar surface area (TPSA) is 82.5 Å². The third-order valence-corrected chi connectivity index (χ3v) is 2.90. The predicted molar refractivity (Wildman–Crippen MR) is 75.8 cm³/mol. The van der Waals surface area contributed by atoms with Gasteiger partial charge in [0.15, 0.2) is 0 Å². The van der Waals surface area contributed by atoms with Gasteiger partial charge in [-0.2, -0.15) is 0 Å². The fourth-order valence-electron chi connectivity index (χ4n) is 1.91. The van der Waals surface area contributed by atoms with E-state index in [1.807, 2.05) is 30.3 Å². The zero-order chi connectivity index (χ0) is 14.4. The van der Waals surface area contributed by atoms with Gasteiger partial charge in [0.2, 0.25) is 0 Å². The number of carbonyl (C=O) groups is 1. The van der Waals surface area contributed by atoms with E-state index in [0.29, 0.717) is 12.2 Å². The molecule has 0 saturated carbocycles. The summed E-state index contributed by atoms with van der Waals surface area (Å²) in [7, 11) is 0. The molecule has 0 bridgehead atoms. The monoisotopic (exact) mass is 272 g/mol. The Morgan fingerprint density at radius 3 is 2.65 bits per heavy atom. The number of hydrogen-bond donors (Lipinski definition) is 3. The molecule has 0 aliphatic heterocycles. The van der Waals surface area contributed by atoms with Gasteiger partial charge in [0, 0.05) is 6.20 Å².